The zero-order chi connectivity index (χ0) is 15.4. The lowest BCUT2D eigenvalue weighted by Gasteiger charge is -2.11. The van der Waals surface area contributed by atoms with Crippen LogP contribution >= 0.6 is 0 Å². The SMILES string of the molecule is COc1cc(C)ccc1OCC(=O)Nc1cc(C)nn1C. The molecule has 0 saturated carbocycles. The molecule has 0 saturated heterocycles. The zero-order valence-corrected chi connectivity index (χ0v) is 12.6. The number of amides is 1. The first-order chi connectivity index (χ1) is 9.99. The summed E-state index contributed by atoms with van der Waals surface area (Å²) in [7, 11) is 3.34. The molecule has 1 N–H and O–H groups in total. The average molecular weight is 289 g/mol. The lowest BCUT2D eigenvalue weighted by Crippen LogP contribution is -2.21. The molecule has 1 aromatic carbocycles. The molecular weight excluding hydrogens is 270 g/mol. The van der Waals surface area contributed by atoms with Crippen LogP contribution in [0.1, 0.15) is 11.3 Å². The van der Waals surface area contributed by atoms with Crippen LogP contribution in [0.25, 0.3) is 0 Å². The predicted octanol–water partition coefficient (Wildman–Crippen LogP) is 2.06. The van der Waals surface area contributed by atoms with Crippen molar-refractivity contribution in [3.63, 3.8) is 0 Å². The van der Waals surface area contributed by atoms with Gasteiger partial charge in [-0.15, -0.1) is 0 Å². The van der Waals surface area contributed by atoms with Gasteiger partial charge in [-0.1, -0.05) is 6.07 Å². The number of anilines is 1. The van der Waals surface area contributed by atoms with Crippen molar-refractivity contribution < 1.29 is 14.3 Å². The zero-order valence-electron chi connectivity index (χ0n) is 12.6. The van der Waals surface area contributed by atoms with E-state index in [1.807, 2.05) is 26.0 Å². The second-order valence-electron chi connectivity index (χ2n) is 4.79. The van der Waals surface area contributed by atoms with E-state index in [4.69, 9.17) is 9.47 Å². The third-order valence-electron chi connectivity index (χ3n) is 2.95. The Morgan fingerprint density at radius 2 is 2.05 bits per heavy atom. The highest BCUT2D eigenvalue weighted by Gasteiger charge is 2.10. The van der Waals surface area contributed by atoms with Crippen LogP contribution in [0.4, 0.5) is 5.82 Å². The molecule has 0 aliphatic rings. The largest absolute Gasteiger partial charge is 0.493 e. The van der Waals surface area contributed by atoms with E-state index in [0.717, 1.165) is 11.3 Å². The van der Waals surface area contributed by atoms with E-state index in [-0.39, 0.29) is 12.5 Å². The molecule has 0 fully saturated rings. The van der Waals surface area contributed by atoms with Crippen molar-refractivity contribution in [1.82, 2.24) is 9.78 Å². The molecule has 6 heteroatoms. The van der Waals surface area contributed by atoms with Crippen molar-refractivity contribution in [2.24, 2.45) is 7.05 Å². The number of benzene rings is 1. The van der Waals surface area contributed by atoms with E-state index in [9.17, 15) is 4.79 Å². The molecule has 0 aliphatic carbocycles. The van der Waals surface area contributed by atoms with E-state index < -0.39 is 0 Å². The first kappa shape index (κ1) is 14.9. The van der Waals surface area contributed by atoms with E-state index in [1.54, 1.807) is 31.0 Å². The van der Waals surface area contributed by atoms with E-state index in [2.05, 4.69) is 10.4 Å². The fraction of sp³-hybridized carbons (Fsp3) is 0.333. The standard InChI is InChI=1S/C15H19N3O3/c1-10-5-6-12(13(7-10)20-4)21-9-15(19)16-14-8-11(2)17-18(14)3/h5-8H,9H2,1-4H3,(H,16,19). The van der Waals surface area contributed by atoms with Crippen molar-refractivity contribution in [3.05, 3.63) is 35.5 Å². The molecule has 1 aromatic heterocycles. The van der Waals surface area contributed by atoms with Crippen molar-refractivity contribution in [2.75, 3.05) is 19.0 Å². The fourth-order valence-electron chi connectivity index (χ4n) is 1.94. The Hall–Kier alpha value is -2.50. The molecule has 2 rings (SSSR count). The average Bonchev–Trinajstić information content (AvgIpc) is 2.75. The van der Waals surface area contributed by atoms with Gasteiger partial charge < -0.3 is 14.8 Å². The molecule has 0 aliphatic heterocycles. The van der Waals surface area contributed by atoms with Crippen molar-refractivity contribution in [2.45, 2.75) is 13.8 Å². The van der Waals surface area contributed by atoms with Gasteiger partial charge in [0.2, 0.25) is 0 Å². The molecular formula is C15H19N3O3. The minimum atomic E-state index is -0.249. The summed E-state index contributed by atoms with van der Waals surface area (Å²) >= 11 is 0. The normalized spacial score (nSPS) is 10.3. The monoisotopic (exact) mass is 289 g/mol. The lowest BCUT2D eigenvalue weighted by atomic mass is 10.2. The summed E-state index contributed by atoms with van der Waals surface area (Å²) in [5, 5.41) is 6.91. The molecule has 0 atom stereocenters. The topological polar surface area (TPSA) is 65.4 Å². The first-order valence-corrected chi connectivity index (χ1v) is 6.57. The number of carbonyl (C=O) groups is 1. The number of aryl methyl sites for hydroxylation is 3. The van der Waals surface area contributed by atoms with Gasteiger partial charge in [0, 0.05) is 13.1 Å². The van der Waals surface area contributed by atoms with Crippen LogP contribution in [0.5, 0.6) is 11.5 Å². The minimum Gasteiger partial charge on any atom is -0.493 e. The van der Waals surface area contributed by atoms with Gasteiger partial charge >= 0.3 is 0 Å². The van der Waals surface area contributed by atoms with Crippen LogP contribution in [-0.4, -0.2) is 29.4 Å². The molecule has 21 heavy (non-hydrogen) atoms. The van der Waals surface area contributed by atoms with Gasteiger partial charge in [-0.25, -0.2) is 0 Å². The van der Waals surface area contributed by atoms with Gasteiger partial charge in [0.15, 0.2) is 18.1 Å². The predicted molar refractivity (Wildman–Crippen MR) is 79.8 cm³/mol. The number of nitrogens with one attached hydrogen (secondary N) is 1. The lowest BCUT2D eigenvalue weighted by molar-refractivity contribution is -0.118. The number of methoxy groups -OCH3 is 1. The molecule has 0 bridgehead atoms. The van der Waals surface area contributed by atoms with Crippen LogP contribution in [0.3, 0.4) is 0 Å². The highest BCUT2D eigenvalue weighted by atomic mass is 16.5. The van der Waals surface area contributed by atoms with Crippen LogP contribution in [0, 0.1) is 13.8 Å². The van der Waals surface area contributed by atoms with E-state index in [1.165, 1.54) is 0 Å². The van der Waals surface area contributed by atoms with E-state index in [0.29, 0.717) is 17.3 Å². The van der Waals surface area contributed by atoms with Crippen molar-refractivity contribution in [3.8, 4) is 11.5 Å². The third-order valence-corrected chi connectivity index (χ3v) is 2.95. The number of ether oxygens (including phenoxy) is 2. The Labute approximate surface area is 123 Å². The quantitative estimate of drug-likeness (QED) is 0.915. The Morgan fingerprint density at radius 1 is 1.29 bits per heavy atom. The van der Waals surface area contributed by atoms with Crippen LogP contribution < -0.4 is 14.8 Å². The number of hydrogen-bond acceptors (Lipinski definition) is 4. The third kappa shape index (κ3) is 3.75. The van der Waals surface area contributed by atoms with Gasteiger partial charge in [0.1, 0.15) is 5.82 Å². The van der Waals surface area contributed by atoms with Crippen LogP contribution in [0.15, 0.2) is 24.3 Å². The molecule has 0 spiro atoms. The van der Waals surface area contributed by atoms with Gasteiger partial charge in [-0.2, -0.15) is 5.10 Å². The summed E-state index contributed by atoms with van der Waals surface area (Å²) in [6, 6.07) is 7.35. The summed E-state index contributed by atoms with van der Waals surface area (Å²) in [5.41, 5.74) is 1.91. The Bertz CT molecular complexity index is 650. The Balaban J connectivity index is 1.97. The number of carbonyl (C=O) groups excluding carboxylic acids is 1. The molecule has 1 amide bonds. The molecule has 1 heterocycles. The Kier molecular flexibility index (Phi) is 4.47. The Morgan fingerprint density at radius 3 is 2.67 bits per heavy atom. The number of nitrogens with zero attached hydrogens (tertiary/aromatic N) is 2. The summed E-state index contributed by atoms with van der Waals surface area (Å²) in [4.78, 5) is 11.9. The highest BCUT2D eigenvalue weighted by Crippen LogP contribution is 2.27. The van der Waals surface area contributed by atoms with Crippen LogP contribution in [-0.2, 0) is 11.8 Å². The van der Waals surface area contributed by atoms with Gasteiger partial charge in [-0.05, 0) is 31.5 Å². The maximum absolute atomic E-state index is 11.9. The summed E-state index contributed by atoms with van der Waals surface area (Å²) in [5.74, 6) is 1.54. The highest BCUT2D eigenvalue weighted by molar-refractivity contribution is 5.91. The summed E-state index contributed by atoms with van der Waals surface area (Å²) in [6.45, 7) is 3.73. The molecule has 112 valence electrons. The second kappa shape index (κ2) is 6.30. The molecule has 0 unspecified atom stereocenters. The van der Waals surface area contributed by atoms with Crippen molar-refractivity contribution >= 4 is 11.7 Å². The molecule has 6 nitrogen and oxygen atoms in total. The first-order valence-electron chi connectivity index (χ1n) is 6.57. The fourth-order valence-corrected chi connectivity index (χ4v) is 1.94. The summed E-state index contributed by atoms with van der Waals surface area (Å²) < 4.78 is 12.3. The number of aromatic nitrogens is 2. The molecule has 2 aromatic rings. The molecule has 0 radical (unpaired) electrons. The van der Waals surface area contributed by atoms with Crippen molar-refractivity contribution in [1.29, 1.82) is 0 Å². The summed E-state index contributed by atoms with van der Waals surface area (Å²) in [6.07, 6.45) is 0. The van der Waals surface area contributed by atoms with Gasteiger partial charge in [-0.3, -0.25) is 9.48 Å². The van der Waals surface area contributed by atoms with E-state index >= 15 is 0 Å². The minimum absolute atomic E-state index is 0.0936. The maximum Gasteiger partial charge on any atom is 0.263 e. The van der Waals surface area contributed by atoms with Gasteiger partial charge in [0.25, 0.3) is 5.91 Å². The smallest absolute Gasteiger partial charge is 0.263 e. The maximum atomic E-state index is 11.9. The second-order valence-corrected chi connectivity index (χ2v) is 4.79. The van der Waals surface area contributed by atoms with Gasteiger partial charge in [0.05, 0.1) is 12.8 Å². The number of rotatable bonds is 5. The number of hydrogen-bond donors (Lipinski definition) is 1. The van der Waals surface area contributed by atoms with Crippen LogP contribution in [0.2, 0.25) is 0 Å².